The van der Waals surface area contributed by atoms with Crippen molar-refractivity contribution in [3.05, 3.63) is 60.0 Å². The number of carboxylic acids is 1. The van der Waals surface area contributed by atoms with Crippen LogP contribution in [-0.4, -0.2) is 54.2 Å². The van der Waals surface area contributed by atoms with Gasteiger partial charge in [0, 0.05) is 48.8 Å². The molecule has 1 fully saturated rings. The summed E-state index contributed by atoms with van der Waals surface area (Å²) in [5.41, 5.74) is 2.28. The highest BCUT2D eigenvalue weighted by Crippen LogP contribution is 2.32. The van der Waals surface area contributed by atoms with E-state index < -0.39 is 12.0 Å². The van der Waals surface area contributed by atoms with Gasteiger partial charge >= 0.3 is 5.97 Å². The van der Waals surface area contributed by atoms with E-state index in [1.807, 2.05) is 29.2 Å². The van der Waals surface area contributed by atoms with Crippen molar-refractivity contribution in [2.24, 2.45) is 0 Å². The largest absolute Gasteiger partial charge is 0.495 e. The fourth-order valence-corrected chi connectivity index (χ4v) is 3.95. The number of carbonyl (C=O) groups is 1. The molecule has 28 heavy (non-hydrogen) atoms. The number of ether oxygens (including phenoxy) is 1. The standard InChI is InChI=1S/C21H22FN3O3/c1-28-19-5-3-2-4-18(19)24-8-10-25(11-9-24)20(21(26)27)16-13-23-17-12-14(22)6-7-15(16)17/h2-7,12-13,20,23H,8-11H2,1H3,(H,26,27)/t20-/m0/s1. The number of benzene rings is 2. The first-order chi connectivity index (χ1) is 13.6. The molecule has 1 aliphatic heterocycles. The number of aromatic amines is 1. The lowest BCUT2D eigenvalue weighted by Gasteiger charge is -2.39. The number of hydrogen-bond acceptors (Lipinski definition) is 4. The number of aliphatic carboxylic acids is 1. The van der Waals surface area contributed by atoms with E-state index in [-0.39, 0.29) is 5.82 Å². The molecule has 2 N–H and O–H groups in total. The van der Waals surface area contributed by atoms with Gasteiger partial charge in [0.1, 0.15) is 17.6 Å². The van der Waals surface area contributed by atoms with Gasteiger partial charge in [0.05, 0.1) is 12.8 Å². The number of aromatic nitrogens is 1. The molecule has 2 aromatic carbocycles. The van der Waals surface area contributed by atoms with Crippen molar-refractivity contribution in [1.82, 2.24) is 9.88 Å². The van der Waals surface area contributed by atoms with Crippen LogP contribution in [-0.2, 0) is 4.79 Å². The normalized spacial score (nSPS) is 16.3. The number of carboxylic acid groups (broad SMARTS) is 1. The van der Waals surface area contributed by atoms with Crippen molar-refractivity contribution in [3.8, 4) is 5.75 Å². The Morgan fingerprint density at radius 2 is 1.93 bits per heavy atom. The van der Waals surface area contributed by atoms with Crippen LogP contribution in [0.3, 0.4) is 0 Å². The second-order valence-corrected chi connectivity index (χ2v) is 6.87. The molecule has 0 spiro atoms. The molecule has 0 unspecified atom stereocenters. The molecule has 146 valence electrons. The molecule has 7 heteroatoms. The minimum absolute atomic E-state index is 0.349. The second-order valence-electron chi connectivity index (χ2n) is 6.87. The summed E-state index contributed by atoms with van der Waals surface area (Å²) in [7, 11) is 1.65. The van der Waals surface area contributed by atoms with Gasteiger partial charge in [-0.25, -0.2) is 4.39 Å². The topological polar surface area (TPSA) is 68.8 Å². The van der Waals surface area contributed by atoms with Crippen LogP contribution in [0, 0.1) is 5.82 Å². The number of hydrogen-bond donors (Lipinski definition) is 2. The van der Waals surface area contributed by atoms with Crippen LogP contribution in [0.15, 0.2) is 48.7 Å². The summed E-state index contributed by atoms with van der Waals surface area (Å²) in [4.78, 5) is 19.3. The summed E-state index contributed by atoms with van der Waals surface area (Å²) >= 11 is 0. The molecule has 0 aliphatic carbocycles. The van der Waals surface area contributed by atoms with Crippen molar-refractivity contribution in [1.29, 1.82) is 0 Å². The van der Waals surface area contributed by atoms with Crippen molar-refractivity contribution in [3.63, 3.8) is 0 Å². The highest BCUT2D eigenvalue weighted by molar-refractivity contribution is 5.89. The quantitative estimate of drug-likeness (QED) is 0.708. The summed E-state index contributed by atoms with van der Waals surface area (Å²) in [5.74, 6) is -0.446. The number of anilines is 1. The number of nitrogens with zero attached hydrogens (tertiary/aromatic N) is 2. The van der Waals surface area contributed by atoms with E-state index in [0.29, 0.717) is 37.3 Å². The molecular weight excluding hydrogens is 361 g/mol. The highest BCUT2D eigenvalue weighted by atomic mass is 19.1. The highest BCUT2D eigenvalue weighted by Gasteiger charge is 2.32. The van der Waals surface area contributed by atoms with E-state index in [9.17, 15) is 14.3 Å². The molecule has 1 aromatic heterocycles. The van der Waals surface area contributed by atoms with Crippen LogP contribution in [0.5, 0.6) is 5.75 Å². The third kappa shape index (κ3) is 3.29. The number of H-pyrrole nitrogens is 1. The van der Waals surface area contributed by atoms with Crippen LogP contribution in [0.25, 0.3) is 10.9 Å². The zero-order valence-corrected chi connectivity index (χ0v) is 15.6. The Hall–Kier alpha value is -3.06. The van der Waals surface area contributed by atoms with Gasteiger partial charge in [-0.05, 0) is 30.3 Å². The molecule has 0 saturated carbocycles. The SMILES string of the molecule is COc1ccccc1N1CCN([C@H](C(=O)O)c2c[nH]c3cc(F)ccc23)CC1. The van der Waals surface area contributed by atoms with E-state index in [1.165, 1.54) is 12.1 Å². The van der Waals surface area contributed by atoms with Crippen molar-refractivity contribution in [2.75, 3.05) is 38.2 Å². The summed E-state index contributed by atoms with van der Waals surface area (Å²) in [6, 6.07) is 11.4. The Bertz CT molecular complexity index is 995. The molecule has 2 heterocycles. The predicted octanol–water partition coefficient (Wildman–Crippen LogP) is 3.26. The lowest BCUT2D eigenvalue weighted by Crippen LogP contribution is -2.49. The fourth-order valence-electron chi connectivity index (χ4n) is 3.95. The third-order valence-corrected chi connectivity index (χ3v) is 5.31. The van der Waals surface area contributed by atoms with Gasteiger partial charge in [0.15, 0.2) is 0 Å². The zero-order chi connectivity index (χ0) is 19.7. The molecule has 1 saturated heterocycles. The lowest BCUT2D eigenvalue weighted by atomic mass is 10.0. The van der Waals surface area contributed by atoms with Crippen molar-refractivity contribution >= 4 is 22.6 Å². The minimum atomic E-state index is -0.907. The molecule has 1 atom stereocenters. The maximum Gasteiger partial charge on any atom is 0.325 e. The molecule has 0 amide bonds. The average Bonchev–Trinajstić information content (AvgIpc) is 3.11. The summed E-state index contributed by atoms with van der Waals surface area (Å²) in [5, 5.41) is 10.7. The van der Waals surface area contributed by atoms with Crippen molar-refractivity contribution in [2.45, 2.75) is 6.04 Å². The van der Waals surface area contributed by atoms with E-state index in [1.54, 1.807) is 19.4 Å². The molecular formula is C21H22FN3O3. The van der Waals surface area contributed by atoms with Gasteiger partial charge in [0.2, 0.25) is 0 Å². The maximum absolute atomic E-state index is 13.5. The van der Waals surface area contributed by atoms with E-state index >= 15 is 0 Å². The zero-order valence-electron chi connectivity index (χ0n) is 15.6. The summed E-state index contributed by atoms with van der Waals surface area (Å²) < 4.78 is 18.9. The number of para-hydroxylation sites is 2. The number of nitrogens with one attached hydrogen (secondary N) is 1. The Balaban J connectivity index is 1.56. The Kier molecular flexibility index (Phi) is 4.92. The Morgan fingerprint density at radius 3 is 2.64 bits per heavy atom. The van der Waals surface area contributed by atoms with Gasteiger partial charge in [-0.3, -0.25) is 9.69 Å². The fraction of sp³-hybridized carbons (Fsp3) is 0.286. The molecule has 4 rings (SSSR count). The predicted molar refractivity (Wildman–Crippen MR) is 105 cm³/mol. The summed E-state index contributed by atoms with van der Waals surface area (Å²) in [6.45, 7) is 2.59. The van der Waals surface area contributed by atoms with E-state index in [4.69, 9.17) is 4.74 Å². The Morgan fingerprint density at radius 1 is 1.18 bits per heavy atom. The average molecular weight is 383 g/mol. The van der Waals surface area contributed by atoms with Crippen LogP contribution < -0.4 is 9.64 Å². The monoisotopic (exact) mass is 383 g/mol. The first-order valence-electron chi connectivity index (χ1n) is 9.20. The van der Waals surface area contributed by atoms with Gasteiger partial charge in [-0.2, -0.15) is 0 Å². The number of rotatable bonds is 5. The van der Waals surface area contributed by atoms with E-state index in [0.717, 1.165) is 16.8 Å². The van der Waals surface area contributed by atoms with Crippen LogP contribution in [0.2, 0.25) is 0 Å². The van der Waals surface area contributed by atoms with Crippen molar-refractivity contribution < 1.29 is 19.0 Å². The second kappa shape index (κ2) is 7.52. The van der Waals surface area contributed by atoms with Crippen LogP contribution >= 0.6 is 0 Å². The smallest absolute Gasteiger partial charge is 0.325 e. The molecule has 0 radical (unpaired) electrons. The number of methoxy groups -OCH3 is 1. The first-order valence-corrected chi connectivity index (χ1v) is 9.20. The third-order valence-electron chi connectivity index (χ3n) is 5.31. The first kappa shape index (κ1) is 18.3. The number of fused-ring (bicyclic) bond motifs is 1. The van der Waals surface area contributed by atoms with Gasteiger partial charge < -0.3 is 19.7 Å². The van der Waals surface area contributed by atoms with Crippen LogP contribution in [0.4, 0.5) is 10.1 Å². The lowest BCUT2D eigenvalue weighted by molar-refractivity contribution is -0.143. The molecule has 6 nitrogen and oxygen atoms in total. The van der Waals surface area contributed by atoms with Crippen LogP contribution in [0.1, 0.15) is 11.6 Å². The molecule has 0 bridgehead atoms. The minimum Gasteiger partial charge on any atom is -0.495 e. The Labute approximate surface area is 162 Å². The summed E-state index contributed by atoms with van der Waals surface area (Å²) in [6.07, 6.45) is 1.68. The van der Waals surface area contributed by atoms with Gasteiger partial charge in [-0.15, -0.1) is 0 Å². The van der Waals surface area contributed by atoms with E-state index in [2.05, 4.69) is 9.88 Å². The number of piperazine rings is 1. The van der Waals surface area contributed by atoms with Gasteiger partial charge in [-0.1, -0.05) is 12.1 Å². The van der Waals surface area contributed by atoms with Gasteiger partial charge in [0.25, 0.3) is 0 Å². The molecule has 3 aromatic rings. The number of halogens is 1. The maximum atomic E-state index is 13.5. The molecule has 1 aliphatic rings.